The van der Waals surface area contributed by atoms with Crippen LogP contribution in [0, 0.1) is 11.3 Å². The summed E-state index contributed by atoms with van der Waals surface area (Å²) in [6, 6.07) is 0. The van der Waals surface area contributed by atoms with Gasteiger partial charge < -0.3 is 10.2 Å². The van der Waals surface area contributed by atoms with Gasteiger partial charge in [-0.3, -0.25) is 0 Å². The molecule has 2 nitrogen and oxygen atoms in total. The number of nitrogens with zero attached hydrogens (tertiary/aromatic N) is 1. The van der Waals surface area contributed by atoms with Crippen LogP contribution in [0.2, 0.25) is 0 Å². The summed E-state index contributed by atoms with van der Waals surface area (Å²) in [6.07, 6.45) is 13.3. The van der Waals surface area contributed by atoms with Crippen molar-refractivity contribution in [3.05, 3.63) is 0 Å². The lowest BCUT2D eigenvalue weighted by Crippen LogP contribution is -2.39. The number of piperidine rings is 1. The Morgan fingerprint density at radius 1 is 0.947 bits per heavy atom. The van der Waals surface area contributed by atoms with Gasteiger partial charge in [-0.15, -0.1) is 12.4 Å². The van der Waals surface area contributed by atoms with Gasteiger partial charge in [0.1, 0.15) is 0 Å². The van der Waals surface area contributed by atoms with Crippen molar-refractivity contribution < 1.29 is 0 Å². The maximum absolute atomic E-state index is 3.52. The Labute approximate surface area is 125 Å². The molecule has 1 aliphatic carbocycles. The fourth-order valence-electron chi connectivity index (χ4n) is 4.46. The van der Waals surface area contributed by atoms with Crippen molar-refractivity contribution in [2.24, 2.45) is 11.3 Å². The van der Waals surface area contributed by atoms with E-state index >= 15 is 0 Å². The third-order valence-electron chi connectivity index (χ3n) is 5.67. The zero-order valence-electron chi connectivity index (χ0n) is 12.3. The first-order valence-electron chi connectivity index (χ1n) is 8.29. The Kier molecular flexibility index (Phi) is 5.98. The molecule has 19 heavy (non-hydrogen) atoms. The van der Waals surface area contributed by atoms with E-state index in [0.29, 0.717) is 5.41 Å². The predicted octanol–water partition coefficient (Wildman–Crippen LogP) is 3.45. The summed E-state index contributed by atoms with van der Waals surface area (Å²) in [4.78, 5) is 2.81. The molecule has 0 aromatic heterocycles. The fraction of sp³-hybridized carbons (Fsp3) is 1.00. The first kappa shape index (κ1) is 15.6. The number of halogens is 1. The van der Waals surface area contributed by atoms with Crippen molar-refractivity contribution in [1.29, 1.82) is 0 Å². The smallest absolute Gasteiger partial charge is 0.00395 e. The number of rotatable bonds is 2. The maximum Gasteiger partial charge on any atom is 0.00395 e. The topological polar surface area (TPSA) is 15.3 Å². The third-order valence-corrected chi connectivity index (χ3v) is 5.67. The molecule has 1 saturated carbocycles. The number of nitrogens with one attached hydrogen (secondary N) is 1. The normalized spacial score (nSPS) is 29.1. The Balaban J connectivity index is 0.00000133. The molecule has 0 bridgehead atoms. The highest BCUT2D eigenvalue weighted by atomic mass is 35.5. The standard InChI is InChI=1S/C16H30N2.ClH/c1-2-4-6-15(5-3-1)13-18-12-9-16(14-18)7-10-17-11-8-16;/h15,17H,1-14H2;1H. The van der Waals surface area contributed by atoms with Crippen molar-refractivity contribution in [3.63, 3.8) is 0 Å². The van der Waals surface area contributed by atoms with Gasteiger partial charge >= 0.3 is 0 Å². The lowest BCUT2D eigenvalue weighted by atomic mass is 9.78. The first-order chi connectivity index (χ1) is 8.86. The quantitative estimate of drug-likeness (QED) is 0.782. The van der Waals surface area contributed by atoms with Gasteiger partial charge in [-0.05, 0) is 63.1 Å². The average Bonchev–Trinajstić information content (AvgIpc) is 2.62. The van der Waals surface area contributed by atoms with Gasteiger partial charge in [0.05, 0.1) is 0 Å². The van der Waals surface area contributed by atoms with E-state index in [1.165, 1.54) is 90.5 Å². The summed E-state index contributed by atoms with van der Waals surface area (Å²) in [5.74, 6) is 1.02. The first-order valence-corrected chi connectivity index (χ1v) is 8.29. The van der Waals surface area contributed by atoms with Gasteiger partial charge in [0.2, 0.25) is 0 Å². The molecule has 0 aromatic rings. The summed E-state index contributed by atoms with van der Waals surface area (Å²) in [5.41, 5.74) is 0.704. The highest BCUT2D eigenvalue weighted by Crippen LogP contribution is 2.39. The van der Waals surface area contributed by atoms with Crippen LogP contribution in [0.1, 0.15) is 57.8 Å². The van der Waals surface area contributed by atoms with Crippen LogP contribution in [0.15, 0.2) is 0 Å². The van der Waals surface area contributed by atoms with E-state index in [1.54, 1.807) is 0 Å². The largest absolute Gasteiger partial charge is 0.317 e. The molecule has 0 aromatic carbocycles. The van der Waals surface area contributed by atoms with E-state index in [9.17, 15) is 0 Å². The Hall–Kier alpha value is 0.210. The minimum Gasteiger partial charge on any atom is -0.317 e. The second-order valence-electron chi connectivity index (χ2n) is 7.09. The summed E-state index contributed by atoms with van der Waals surface area (Å²) in [7, 11) is 0. The van der Waals surface area contributed by atoms with Crippen LogP contribution < -0.4 is 5.32 Å². The van der Waals surface area contributed by atoms with E-state index in [1.807, 2.05) is 0 Å². The zero-order valence-corrected chi connectivity index (χ0v) is 13.1. The molecular formula is C16H31ClN2. The monoisotopic (exact) mass is 286 g/mol. The molecule has 2 aliphatic heterocycles. The molecule has 3 heteroatoms. The van der Waals surface area contributed by atoms with Crippen LogP contribution in [-0.2, 0) is 0 Å². The molecule has 0 amide bonds. The summed E-state index contributed by atoms with van der Waals surface area (Å²) in [6.45, 7) is 6.73. The molecular weight excluding hydrogens is 256 g/mol. The molecule has 0 atom stereocenters. The van der Waals surface area contributed by atoms with Crippen LogP contribution in [0.4, 0.5) is 0 Å². The Morgan fingerprint density at radius 3 is 2.32 bits per heavy atom. The lowest BCUT2D eigenvalue weighted by Gasteiger charge is -2.34. The van der Waals surface area contributed by atoms with Crippen LogP contribution in [0.5, 0.6) is 0 Å². The van der Waals surface area contributed by atoms with Crippen molar-refractivity contribution in [2.45, 2.75) is 57.8 Å². The van der Waals surface area contributed by atoms with E-state index in [4.69, 9.17) is 0 Å². The highest BCUT2D eigenvalue weighted by molar-refractivity contribution is 5.85. The van der Waals surface area contributed by atoms with Crippen LogP contribution >= 0.6 is 12.4 Å². The second-order valence-corrected chi connectivity index (χ2v) is 7.09. The number of hydrogen-bond acceptors (Lipinski definition) is 2. The van der Waals surface area contributed by atoms with Crippen LogP contribution in [-0.4, -0.2) is 37.6 Å². The van der Waals surface area contributed by atoms with E-state index in [2.05, 4.69) is 10.2 Å². The van der Waals surface area contributed by atoms with Gasteiger partial charge in [-0.1, -0.05) is 25.7 Å². The molecule has 1 N–H and O–H groups in total. The Bertz CT molecular complexity index is 255. The molecule has 112 valence electrons. The predicted molar refractivity (Wildman–Crippen MR) is 84.0 cm³/mol. The molecule has 1 spiro atoms. The van der Waals surface area contributed by atoms with Crippen molar-refractivity contribution in [2.75, 3.05) is 32.7 Å². The van der Waals surface area contributed by atoms with E-state index in [0.717, 1.165) is 5.92 Å². The SMILES string of the molecule is C1CCCC(CN2CCC3(CCNCC3)C2)CC1.Cl. The average molecular weight is 287 g/mol. The third kappa shape index (κ3) is 4.09. The van der Waals surface area contributed by atoms with Gasteiger partial charge in [0.25, 0.3) is 0 Å². The zero-order chi connectivity index (χ0) is 12.3. The number of hydrogen-bond donors (Lipinski definition) is 1. The molecule has 2 saturated heterocycles. The summed E-state index contributed by atoms with van der Waals surface area (Å²) >= 11 is 0. The lowest BCUT2D eigenvalue weighted by molar-refractivity contribution is 0.181. The second kappa shape index (κ2) is 7.28. The van der Waals surface area contributed by atoms with E-state index < -0.39 is 0 Å². The Morgan fingerprint density at radius 2 is 1.63 bits per heavy atom. The molecule has 2 heterocycles. The van der Waals surface area contributed by atoms with Gasteiger partial charge in [0, 0.05) is 13.1 Å². The van der Waals surface area contributed by atoms with Gasteiger partial charge in [-0.25, -0.2) is 0 Å². The van der Waals surface area contributed by atoms with Crippen LogP contribution in [0.3, 0.4) is 0 Å². The minimum absolute atomic E-state index is 0. The van der Waals surface area contributed by atoms with E-state index in [-0.39, 0.29) is 12.4 Å². The molecule has 3 aliphatic rings. The molecule has 0 radical (unpaired) electrons. The summed E-state index contributed by atoms with van der Waals surface area (Å²) < 4.78 is 0. The van der Waals surface area contributed by atoms with Crippen molar-refractivity contribution >= 4 is 12.4 Å². The molecule has 0 unspecified atom stereocenters. The van der Waals surface area contributed by atoms with Gasteiger partial charge in [0.15, 0.2) is 0 Å². The summed E-state index contributed by atoms with van der Waals surface area (Å²) in [5, 5.41) is 3.52. The highest BCUT2D eigenvalue weighted by Gasteiger charge is 2.39. The minimum atomic E-state index is 0. The number of likely N-dealkylation sites (tertiary alicyclic amines) is 1. The van der Waals surface area contributed by atoms with Crippen molar-refractivity contribution in [1.82, 2.24) is 10.2 Å². The van der Waals surface area contributed by atoms with Crippen molar-refractivity contribution in [3.8, 4) is 0 Å². The molecule has 3 fully saturated rings. The van der Waals surface area contributed by atoms with Gasteiger partial charge in [-0.2, -0.15) is 0 Å². The van der Waals surface area contributed by atoms with Crippen LogP contribution in [0.25, 0.3) is 0 Å². The molecule has 3 rings (SSSR count). The fourth-order valence-corrected chi connectivity index (χ4v) is 4.46. The maximum atomic E-state index is 3.52.